The number of aromatic amines is 1. The van der Waals surface area contributed by atoms with Crippen LogP contribution in [-0.4, -0.2) is 44.5 Å². The molecule has 146 valence electrons. The molecule has 1 atom stereocenters. The number of nitrogens with one attached hydrogen (secondary N) is 2. The Kier molecular flexibility index (Phi) is 6.42. The molecule has 3 rings (SSSR count). The number of hydrogen-bond donors (Lipinski definition) is 2. The third-order valence-corrected chi connectivity index (χ3v) is 6.38. The molecule has 1 unspecified atom stereocenters. The van der Waals surface area contributed by atoms with E-state index in [1.54, 1.807) is 0 Å². The molecule has 27 heavy (non-hydrogen) atoms. The molecule has 1 aliphatic rings. The van der Waals surface area contributed by atoms with E-state index in [0.717, 1.165) is 55.3 Å². The number of carbonyl (C=O) groups is 1. The topological polar surface area (TPSA) is 73.9 Å². The first-order valence-electron chi connectivity index (χ1n) is 9.68. The molecule has 0 aliphatic carbocycles. The molecule has 6 nitrogen and oxygen atoms in total. The maximum atomic E-state index is 12.6. The Balaban J connectivity index is 1.55. The Morgan fingerprint density at radius 1 is 1.37 bits per heavy atom. The van der Waals surface area contributed by atoms with Crippen molar-refractivity contribution in [2.75, 3.05) is 18.4 Å². The van der Waals surface area contributed by atoms with Gasteiger partial charge in [-0.1, -0.05) is 13.8 Å². The highest BCUT2D eigenvalue weighted by molar-refractivity contribution is 7.99. The van der Waals surface area contributed by atoms with Gasteiger partial charge in [-0.15, -0.1) is 11.8 Å². The molecule has 7 heteroatoms. The number of carbonyl (C=O) groups excluding carboxylic acids is 1. The molecule has 2 amide bonds. The number of aromatic nitrogens is 3. The van der Waals surface area contributed by atoms with Gasteiger partial charge in [0.25, 0.3) is 0 Å². The van der Waals surface area contributed by atoms with Crippen LogP contribution in [0.25, 0.3) is 0 Å². The number of thioether (sulfide) groups is 1. The van der Waals surface area contributed by atoms with Crippen LogP contribution in [0.1, 0.15) is 56.2 Å². The predicted molar refractivity (Wildman–Crippen MR) is 110 cm³/mol. The monoisotopic (exact) mass is 387 g/mol. The molecular formula is C20H29N5OS. The summed E-state index contributed by atoms with van der Waals surface area (Å²) in [5, 5.41) is 10.8. The number of anilines is 1. The number of urea groups is 1. The Morgan fingerprint density at radius 2 is 2.11 bits per heavy atom. The fourth-order valence-corrected chi connectivity index (χ4v) is 4.27. The van der Waals surface area contributed by atoms with E-state index in [2.05, 4.69) is 46.5 Å². The minimum absolute atomic E-state index is 0.0231. The van der Waals surface area contributed by atoms with E-state index in [1.165, 1.54) is 4.90 Å². The van der Waals surface area contributed by atoms with Gasteiger partial charge in [0.15, 0.2) is 5.82 Å². The maximum absolute atomic E-state index is 12.6. The Hall–Kier alpha value is -2.02. The van der Waals surface area contributed by atoms with E-state index < -0.39 is 0 Å². The fourth-order valence-electron chi connectivity index (χ4n) is 3.24. The molecule has 1 aromatic carbocycles. The average molecular weight is 388 g/mol. The van der Waals surface area contributed by atoms with Crippen molar-refractivity contribution in [2.24, 2.45) is 0 Å². The van der Waals surface area contributed by atoms with Crippen LogP contribution in [0, 0.1) is 13.8 Å². The van der Waals surface area contributed by atoms with E-state index >= 15 is 0 Å². The molecule has 2 heterocycles. The second kappa shape index (κ2) is 8.78. The number of benzene rings is 1. The highest BCUT2D eigenvalue weighted by Gasteiger charge is 2.26. The molecule has 2 N–H and O–H groups in total. The van der Waals surface area contributed by atoms with Crippen LogP contribution in [0.4, 0.5) is 10.5 Å². The van der Waals surface area contributed by atoms with E-state index in [9.17, 15) is 4.79 Å². The summed E-state index contributed by atoms with van der Waals surface area (Å²) < 4.78 is 0. The smallest absolute Gasteiger partial charge is 0.321 e. The minimum atomic E-state index is -0.0231. The van der Waals surface area contributed by atoms with Crippen LogP contribution in [-0.2, 0) is 0 Å². The molecule has 0 spiro atoms. The van der Waals surface area contributed by atoms with Crippen molar-refractivity contribution in [3.63, 3.8) is 0 Å². The normalized spacial score (nSPS) is 16.4. The van der Waals surface area contributed by atoms with Crippen molar-refractivity contribution in [1.82, 2.24) is 20.1 Å². The van der Waals surface area contributed by atoms with E-state index in [1.807, 2.05) is 36.6 Å². The Morgan fingerprint density at radius 3 is 2.70 bits per heavy atom. The lowest BCUT2D eigenvalue weighted by atomic mass is 9.96. The van der Waals surface area contributed by atoms with Crippen LogP contribution in [0.2, 0.25) is 0 Å². The average Bonchev–Trinajstić information content (AvgIpc) is 3.10. The number of amides is 2. The first kappa shape index (κ1) is 19.7. The minimum Gasteiger partial charge on any atom is -0.324 e. The van der Waals surface area contributed by atoms with Gasteiger partial charge >= 0.3 is 6.03 Å². The van der Waals surface area contributed by atoms with Crippen LogP contribution in [0.5, 0.6) is 0 Å². The number of aryl methyl sites for hydroxylation is 2. The zero-order valence-corrected chi connectivity index (χ0v) is 17.4. The van der Waals surface area contributed by atoms with Crippen molar-refractivity contribution in [2.45, 2.75) is 63.0 Å². The lowest BCUT2D eigenvalue weighted by Gasteiger charge is -2.31. The van der Waals surface area contributed by atoms with Gasteiger partial charge in [-0.25, -0.2) is 9.78 Å². The van der Waals surface area contributed by atoms with Crippen LogP contribution in [0.15, 0.2) is 23.1 Å². The number of nitrogens with zero attached hydrogens (tertiary/aromatic N) is 3. The summed E-state index contributed by atoms with van der Waals surface area (Å²) in [6.45, 7) is 9.85. The summed E-state index contributed by atoms with van der Waals surface area (Å²) in [4.78, 5) is 20.2. The van der Waals surface area contributed by atoms with Gasteiger partial charge < -0.3 is 10.2 Å². The summed E-state index contributed by atoms with van der Waals surface area (Å²) >= 11 is 1.88. The van der Waals surface area contributed by atoms with E-state index in [-0.39, 0.29) is 6.03 Å². The molecule has 0 saturated carbocycles. The molecule has 1 aliphatic heterocycles. The van der Waals surface area contributed by atoms with E-state index in [4.69, 9.17) is 0 Å². The van der Waals surface area contributed by atoms with Crippen LogP contribution in [0.3, 0.4) is 0 Å². The lowest BCUT2D eigenvalue weighted by molar-refractivity contribution is 0.193. The zero-order chi connectivity index (χ0) is 19.4. The lowest BCUT2D eigenvalue weighted by Crippen LogP contribution is -2.40. The van der Waals surface area contributed by atoms with Crippen molar-refractivity contribution in [1.29, 1.82) is 0 Å². The number of hydrogen-bond acceptors (Lipinski definition) is 4. The first-order chi connectivity index (χ1) is 13.0. The quantitative estimate of drug-likeness (QED) is 0.728. The number of likely N-dealkylation sites (tertiary alicyclic amines) is 1. The third kappa shape index (κ3) is 5.03. The van der Waals surface area contributed by atoms with Crippen LogP contribution >= 0.6 is 11.8 Å². The SMILES string of the molecule is CCC(C)Sc1ccc(NC(=O)N2CCC(c3n[nH]c(C)n3)CC2)c(C)c1. The van der Waals surface area contributed by atoms with Crippen molar-refractivity contribution < 1.29 is 4.79 Å². The van der Waals surface area contributed by atoms with Crippen molar-refractivity contribution in [3.05, 3.63) is 35.4 Å². The van der Waals surface area contributed by atoms with Gasteiger partial charge in [0.2, 0.25) is 0 Å². The summed E-state index contributed by atoms with van der Waals surface area (Å²) in [6.07, 6.45) is 2.94. The number of H-pyrrole nitrogens is 1. The molecule has 0 bridgehead atoms. The predicted octanol–water partition coefficient (Wildman–Crippen LogP) is 4.72. The van der Waals surface area contributed by atoms with Crippen molar-refractivity contribution >= 4 is 23.5 Å². The van der Waals surface area contributed by atoms with Gasteiger partial charge in [-0.3, -0.25) is 5.10 Å². The summed E-state index contributed by atoms with van der Waals surface area (Å²) in [6, 6.07) is 6.24. The van der Waals surface area contributed by atoms with Gasteiger partial charge in [-0.2, -0.15) is 5.10 Å². The van der Waals surface area contributed by atoms with Gasteiger partial charge in [0.1, 0.15) is 5.82 Å². The van der Waals surface area contributed by atoms with Crippen LogP contribution < -0.4 is 5.32 Å². The second-order valence-corrected chi connectivity index (χ2v) is 8.80. The Labute approximate surface area is 165 Å². The molecule has 0 radical (unpaired) electrons. The Bertz CT molecular complexity index is 782. The van der Waals surface area contributed by atoms with E-state index in [0.29, 0.717) is 11.2 Å². The standard InChI is InChI=1S/C20H29N5OS/c1-5-14(3)27-17-6-7-18(13(2)12-17)22-20(26)25-10-8-16(9-11-25)19-21-15(4)23-24-19/h6-7,12,14,16H,5,8-11H2,1-4H3,(H,22,26)(H,21,23,24). The van der Waals surface area contributed by atoms with Gasteiger partial charge in [0.05, 0.1) is 0 Å². The summed E-state index contributed by atoms with van der Waals surface area (Å²) in [5.74, 6) is 2.05. The fraction of sp³-hybridized carbons (Fsp3) is 0.550. The second-order valence-electron chi connectivity index (χ2n) is 7.28. The molecule has 1 fully saturated rings. The first-order valence-corrected chi connectivity index (χ1v) is 10.6. The molecule has 1 aromatic heterocycles. The third-order valence-electron chi connectivity index (χ3n) is 5.11. The largest absolute Gasteiger partial charge is 0.324 e. The highest BCUT2D eigenvalue weighted by atomic mass is 32.2. The van der Waals surface area contributed by atoms with Gasteiger partial charge in [0, 0.05) is 34.8 Å². The number of rotatable bonds is 5. The molecule has 2 aromatic rings. The van der Waals surface area contributed by atoms with Crippen molar-refractivity contribution in [3.8, 4) is 0 Å². The zero-order valence-electron chi connectivity index (χ0n) is 16.6. The van der Waals surface area contributed by atoms with Gasteiger partial charge in [-0.05, 0) is 56.9 Å². The molecule has 1 saturated heterocycles. The number of piperidine rings is 1. The highest BCUT2D eigenvalue weighted by Crippen LogP contribution is 2.29. The summed E-state index contributed by atoms with van der Waals surface area (Å²) in [7, 11) is 0. The maximum Gasteiger partial charge on any atom is 0.321 e. The summed E-state index contributed by atoms with van der Waals surface area (Å²) in [5.41, 5.74) is 1.99. The molecular weight excluding hydrogens is 358 g/mol.